The number of H-pyrrole nitrogens is 1. The van der Waals surface area contributed by atoms with E-state index in [1.54, 1.807) is 49.4 Å². The minimum Gasteiger partial charge on any atom is -0.457 e. The average Bonchev–Trinajstić information content (AvgIpc) is 2.69. The zero-order valence-corrected chi connectivity index (χ0v) is 16.8. The molecule has 3 aromatic carbocycles. The Bertz CT molecular complexity index is 1310. The second-order valence-corrected chi connectivity index (χ2v) is 7.23. The third kappa shape index (κ3) is 4.67. The Morgan fingerprint density at radius 2 is 1.61 bits per heavy atom. The monoisotopic (exact) mass is 445 g/mol. The number of hydrogen-bond donors (Lipinski definition) is 1. The molecule has 8 heteroatoms. The zero-order valence-electron chi connectivity index (χ0n) is 16.1. The summed E-state index contributed by atoms with van der Waals surface area (Å²) in [5.41, 5.74) is 2.41. The molecule has 0 saturated heterocycles. The highest BCUT2D eigenvalue weighted by atomic mass is 35.5. The van der Waals surface area contributed by atoms with Crippen LogP contribution in [-0.4, -0.2) is 11.3 Å². The van der Waals surface area contributed by atoms with Crippen molar-refractivity contribution in [1.29, 1.82) is 0 Å². The highest BCUT2D eigenvalue weighted by molar-refractivity contribution is 6.31. The van der Waals surface area contributed by atoms with Crippen LogP contribution in [-0.2, 0) is 0 Å². The number of fused-ring (bicyclic) bond motifs is 1. The van der Waals surface area contributed by atoms with E-state index >= 15 is 0 Å². The van der Waals surface area contributed by atoms with Gasteiger partial charge in [-0.25, -0.2) is 0 Å². The number of aromatic amines is 1. The van der Waals surface area contributed by atoms with E-state index in [4.69, 9.17) is 16.3 Å². The summed E-state index contributed by atoms with van der Waals surface area (Å²) in [7, 11) is 0. The first kappa shape index (κ1) is 20.8. The lowest BCUT2D eigenvalue weighted by molar-refractivity contribution is -0.274. The molecule has 0 unspecified atom stereocenters. The van der Waals surface area contributed by atoms with Gasteiger partial charge in [-0.15, -0.1) is 13.2 Å². The molecule has 0 amide bonds. The Labute approximate surface area is 179 Å². The van der Waals surface area contributed by atoms with Crippen LogP contribution >= 0.6 is 11.6 Å². The van der Waals surface area contributed by atoms with E-state index in [-0.39, 0.29) is 16.9 Å². The van der Waals surface area contributed by atoms with Gasteiger partial charge in [0.05, 0.1) is 0 Å². The molecule has 0 spiro atoms. The zero-order chi connectivity index (χ0) is 22.2. The van der Waals surface area contributed by atoms with Gasteiger partial charge < -0.3 is 14.5 Å². The van der Waals surface area contributed by atoms with Crippen LogP contribution in [0.5, 0.6) is 17.2 Å². The van der Waals surface area contributed by atoms with Crippen LogP contribution in [0.3, 0.4) is 0 Å². The number of benzene rings is 3. The van der Waals surface area contributed by atoms with Crippen molar-refractivity contribution in [2.75, 3.05) is 0 Å². The lowest BCUT2D eigenvalue weighted by Gasteiger charge is -2.12. The molecule has 1 aromatic heterocycles. The standard InChI is InChI=1S/C23H15ClF3NO3/c1-13-21(22(29)19-11-15(24)7-10-20(19)28-13)14-5-8-16(9-6-14)30-17-3-2-4-18(12-17)31-23(25,26)27/h2-12H,1H3,(H,28,29). The SMILES string of the molecule is Cc1[nH]c2ccc(Cl)cc2c(=O)c1-c1ccc(Oc2cccc(OC(F)(F)F)c2)cc1. The number of pyridine rings is 1. The third-order valence-corrected chi connectivity index (χ3v) is 4.80. The molecule has 0 atom stereocenters. The van der Waals surface area contributed by atoms with Gasteiger partial charge in [0.25, 0.3) is 0 Å². The highest BCUT2D eigenvalue weighted by Crippen LogP contribution is 2.30. The molecule has 0 aliphatic carbocycles. The van der Waals surface area contributed by atoms with Gasteiger partial charge in [-0.1, -0.05) is 29.8 Å². The van der Waals surface area contributed by atoms with Crippen LogP contribution < -0.4 is 14.9 Å². The topological polar surface area (TPSA) is 51.3 Å². The van der Waals surface area contributed by atoms with Crippen molar-refractivity contribution in [2.24, 2.45) is 0 Å². The summed E-state index contributed by atoms with van der Waals surface area (Å²) in [5, 5.41) is 0.947. The van der Waals surface area contributed by atoms with Crippen LogP contribution in [0.2, 0.25) is 5.02 Å². The number of rotatable bonds is 4. The number of nitrogens with one attached hydrogen (secondary N) is 1. The van der Waals surface area contributed by atoms with Crippen LogP contribution in [0.1, 0.15) is 5.69 Å². The number of halogens is 4. The van der Waals surface area contributed by atoms with Gasteiger partial charge in [0.15, 0.2) is 5.43 Å². The van der Waals surface area contributed by atoms with Gasteiger partial charge >= 0.3 is 6.36 Å². The van der Waals surface area contributed by atoms with E-state index in [1.807, 2.05) is 0 Å². The number of aromatic nitrogens is 1. The van der Waals surface area contributed by atoms with Crippen molar-refractivity contribution in [3.8, 4) is 28.4 Å². The normalized spacial score (nSPS) is 11.5. The van der Waals surface area contributed by atoms with Crippen molar-refractivity contribution in [1.82, 2.24) is 4.98 Å². The molecule has 158 valence electrons. The van der Waals surface area contributed by atoms with Crippen molar-refractivity contribution in [2.45, 2.75) is 13.3 Å². The quantitative estimate of drug-likeness (QED) is 0.374. The molecule has 0 saturated carbocycles. The Balaban J connectivity index is 1.62. The van der Waals surface area contributed by atoms with E-state index in [0.717, 1.165) is 6.07 Å². The smallest absolute Gasteiger partial charge is 0.457 e. The van der Waals surface area contributed by atoms with Crippen molar-refractivity contribution in [3.63, 3.8) is 0 Å². The summed E-state index contributed by atoms with van der Waals surface area (Å²) < 4.78 is 46.7. The van der Waals surface area contributed by atoms with E-state index in [2.05, 4.69) is 9.72 Å². The van der Waals surface area contributed by atoms with Gasteiger partial charge in [0.1, 0.15) is 17.2 Å². The van der Waals surface area contributed by atoms with E-state index < -0.39 is 6.36 Å². The number of alkyl halides is 3. The molecule has 31 heavy (non-hydrogen) atoms. The molecule has 1 heterocycles. The molecular formula is C23H15ClF3NO3. The first-order valence-corrected chi connectivity index (χ1v) is 9.54. The Kier molecular flexibility index (Phi) is 5.37. The summed E-state index contributed by atoms with van der Waals surface area (Å²) >= 11 is 6.03. The maximum absolute atomic E-state index is 13.0. The van der Waals surface area contributed by atoms with Crippen LogP contribution in [0.4, 0.5) is 13.2 Å². The molecule has 4 nitrogen and oxygen atoms in total. The van der Waals surface area contributed by atoms with Crippen molar-refractivity contribution < 1.29 is 22.6 Å². The molecule has 0 aliphatic heterocycles. The number of ether oxygens (including phenoxy) is 2. The predicted molar refractivity (Wildman–Crippen MR) is 113 cm³/mol. The van der Waals surface area contributed by atoms with Gasteiger partial charge in [0, 0.05) is 33.2 Å². The van der Waals surface area contributed by atoms with Crippen LogP contribution in [0.15, 0.2) is 71.5 Å². The fourth-order valence-electron chi connectivity index (χ4n) is 3.29. The van der Waals surface area contributed by atoms with Crippen LogP contribution in [0, 0.1) is 6.92 Å². The largest absolute Gasteiger partial charge is 0.573 e. The predicted octanol–water partition coefficient (Wildman–Crippen LogP) is 6.85. The summed E-state index contributed by atoms with van der Waals surface area (Å²) in [6, 6.07) is 17.0. The Morgan fingerprint density at radius 1 is 0.903 bits per heavy atom. The second-order valence-electron chi connectivity index (χ2n) is 6.79. The van der Waals surface area contributed by atoms with Gasteiger partial charge in [-0.05, 0) is 55.0 Å². The summed E-state index contributed by atoms with van der Waals surface area (Å²) in [6.45, 7) is 1.81. The van der Waals surface area contributed by atoms with Crippen molar-refractivity contribution in [3.05, 3.63) is 87.7 Å². The van der Waals surface area contributed by atoms with Gasteiger partial charge in [-0.3, -0.25) is 4.79 Å². The fraction of sp³-hybridized carbons (Fsp3) is 0.0870. The first-order valence-electron chi connectivity index (χ1n) is 9.16. The summed E-state index contributed by atoms with van der Waals surface area (Å²) in [6.07, 6.45) is -4.78. The highest BCUT2D eigenvalue weighted by Gasteiger charge is 2.31. The molecule has 0 fully saturated rings. The van der Waals surface area contributed by atoms with E-state index in [9.17, 15) is 18.0 Å². The lowest BCUT2D eigenvalue weighted by atomic mass is 10.0. The van der Waals surface area contributed by atoms with Gasteiger partial charge in [0.2, 0.25) is 0 Å². The molecular weight excluding hydrogens is 431 g/mol. The number of hydrogen-bond acceptors (Lipinski definition) is 3. The van der Waals surface area contributed by atoms with Crippen molar-refractivity contribution >= 4 is 22.5 Å². The molecule has 0 radical (unpaired) electrons. The second kappa shape index (κ2) is 8.00. The van der Waals surface area contributed by atoms with E-state index in [0.29, 0.717) is 38.5 Å². The molecule has 4 rings (SSSR count). The molecule has 0 aliphatic rings. The number of aryl methyl sites for hydroxylation is 1. The minimum atomic E-state index is -4.78. The van der Waals surface area contributed by atoms with Gasteiger partial charge in [-0.2, -0.15) is 0 Å². The molecule has 4 aromatic rings. The lowest BCUT2D eigenvalue weighted by Crippen LogP contribution is -2.17. The van der Waals surface area contributed by atoms with Crippen LogP contribution in [0.25, 0.3) is 22.0 Å². The average molecular weight is 446 g/mol. The summed E-state index contributed by atoms with van der Waals surface area (Å²) in [5.74, 6) is 0.202. The van der Waals surface area contributed by atoms with E-state index in [1.165, 1.54) is 18.2 Å². The maximum atomic E-state index is 13.0. The summed E-state index contributed by atoms with van der Waals surface area (Å²) in [4.78, 5) is 16.2. The third-order valence-electron chi connectivity index (χ3n) is 4.57. The Morgan fingerprint density at radius 3 is 2.32 bits per heavy atom. The fourth-order valence-corrected chi connectivity index (χ4v) is 3.46. The Hall–Kier alpha value is -3.45. The first-order chi connectivity index (χ1) is 14.7. The minimum absolute atomic E-state index is 0.153. The molecule has 0 bridgehead atoms. The molecule has 1 N–H and O–H groups in total. The maximum Gasteiger partial charge on any atom is 0.573 e.